The molecule has 3 aromatic rings. The Bertz CT molecular complexity index is 945. The number of morpholine rings is 1. The molecule has 1 N–H and O–H groups in total. The molecular weight excluding hydrogens is 368 g/mol. The number of benzene rings is 1. The van der Waals surface area contributed by atoms with Gasteiger partial charge in [-0.05, 0) is 29.8 Å². The Morgan fingerprint density at radius 3 is 3.12 bits per heavy atom. The van der Waals surface area contributed by atoms with Gasteiger partial charge in [-0.1, -0.05) is 23.7 Å². The molecule has 1 atom stereocenters. The van der Waals surface area contributed by atoms with Crippen LogP contribution in [0.15, 0.2) is 42.6 Å². The second-order valence-corrected chi connectivity index (χ2v) is 7.87. The van der Waals surface area contributed by atoms with Crippen LogP contribution < -0.4 is 0 Å². The van der Waals surface area contributed by atoms with Crippen LogP contribution in [0.1, 0.15) is 23.0 Å². The smallest absolute Gasteiger partial charge is 0.126 e. The zero-order chi connectivity index (χ0) is 17.9. The first-order valence-corrected chi connectivity index (χ1v) is 9.54. The van der Waals surface area contributed by atoms with Gasteiger partial charge in [0.05, 0.1) is 52.0 Å². The summed E-state index contributed by atoms with van der Waals surface area (Å²) >= 11 is 7.56. The van der Waals surface area contributed by atoms with Gasteiger partial charge in [0.2, 0.25) is 0 Å². The van der Waals surface area contributed by atoms with Crippen molar-refractivity contribution in [2.45, 2.75) is 12.6 Å². The number of nitriles is 1. The molecule has 0 bridgehead atoms. The van der Waals surface area contributed by atoms with Crippen molar-refractivity contribution in [3.05, 3.63) is 63.9 Å². The number of ether oxygens (including phenoxy) is 1. The summed E-state index contributed by atoms with van der Waals surface area (Å²) in [6.45, 7) is 2.87. The van der Waals surface area contributed by atoms with Crippen molar-refractivity contribution in [3.63, 3.8) is 0 Å². The monoisotopic (exact) mass is 384 g/mol. The first-order chi connectivity index (χ1) is 12.7. The topological polar surface area (TPSA) is 64.9 Å². The summed E-state index contributed by atoms with van der Waals surface area (Å²) in [5, 5.41) is 9.10. The molecule has 1 fully saturated rings. The highest BCUT2D eigenvalue weighted by Crippen LogP contribution is 2.32. The Morgan fingerprint density at radius 1 is 1.38 bits per heavy atom. The maximum absolute atomic E-state index is 9.10. The molecule has 0 aliphatic carbocycles. The van der Waals surface area contributed by atoms with Crippen LogP contribution in [0.4, 0.5) is 0 Å². The molecule has 1 aliphatic rings. The summed E-state index contributed by atoms with van der Waals surface area (Å²) < 4.78 is 6.46. The largest absolute Gasteiger partial charge is 0.378 e. The van der Waals surface area contributed by atoms with Crippen LogP contribution >= 0.6 is 22.9 Å². The molecule has 0 amide bonds. The maximum Gasteiger partial charge on any atom is 0.126 e. The molecule has 1 aromatic carbocycles. The molecule has 26 heavy (non-hydrogen) atoms. The second kappa shape index (κ2) is 7.60. The zero-order valence-corrected chi connectivity index (χ0v) is 15.6. The Labute approximate surface area is 160 Å². The second-order valence-electron chi connectivity index (χ2n) is 6.16. The van der Waals surface area contributed by atoms with Gasteiger partial charge < -0.3 is 9.72 Å². The minimum atomic E-state index is 0.0543. The van der Waals surface area contributed by atoms with E-state index < -0.39 is 0 Å². The predicted molar refractivity (Wildman–Crippen MR) is 102 cm³/mol. The first kappa shape index (κ1) is 17.3. The molecule has 0 spiro atoms. The molecule has 7 heteroatoms. The summed E-state index contributed by atoms with van der Waals surface area (Å²) in [6, 6.07) is 13.9. The SMILES string of the molecule is N#Cc1cccc(CN2CCOCC2c2ncc(-c3ccc(Cl)s3)[nH]2)c1. The fraction of sp³-hybridized carbons (Fsp3) is 0.263. The van der Waals surface area contributed by atoms with E-state index in [-0.39, 0.29) is 6.04 Å². The number of nitrogens with zero attached hydrogens (tertiary/aromatic N) is 3. The molecule has 1 saturated heterocycles. The molecule has 1 aliphatic heterocycles. The number of thiophene rings is 1. The van der Waals surface area contributed by atoms with Gasteiger partial charge in [-0.15, -0.1) is 11.3 Å². The zero-order valence-electron chi connectivity index (χ0n) is 14.0. The quantitative estimate of drug-likeness (QED) is 0.730. The van der Waals surface area contributed by atoms with Crippen LogP contribution in [0.2, 0.25) is 4.34 Å². The number of halogens is 1. The summed E-state index contributed by atoms with van der Waals surface area (Å²) in [6.07, 6.45) is 1.85. The van der Waals surface area contributed by atoms with E-state index in [1.54, 1.807) is 0 Å². The third-order valence-corrected chi connectivity index (χ3v) is 5.70. The third-order valence-electron chi connectivity index (χ3n) is 4.43. The maximum atomic E-state index is 9.10. The van der Waals surface area contributed by atoms with E-state index in [1.165, 1.54) is 11.3 Å². The molecule has 2 aromatic heterocycles. The average Bonchev–Trinajstić information content (AvgIpc) is 3.31. The number of H-pyrrole nitrogens is 1. The van der Waals surface area contributed by atoms with Crippen molar-refractivity contribution in [3.8, 4) is 16.6 Å². The third kappa shape index (κ3) is 3.67. The predicted octanol–water partition coefficient (Wildman–Crippen LogP) is 4.24. The average molecular weight is 385 g/mol. The number of imidazole rings is 1. The molecule has 1 unspecified atom stereocenters. The van der Waals surface area contributed by atoms with Gasteiger partial charge in [-0.3, -0.25) is 4.90 Å². The molecule has 132 valence electrons. The number of hydrogen-bond donors (Lipinski definition) is 1. The first-order valence-electron chi connectivity index (χ1n) is 8.34. The molecule has 0 saturated carbocycles. The molecule has 0 radical (unpaired) electrons. The summed E-state index contributed by atoms with van der Waals surface area (Å²) in [5.74, 6) is 0.890. The lowest BCUT2D eigenvalue weighted by Gasteiger charge is -2.34. The number of rotatable bonds is 4. The Hall–Kier alpha value is -2.17. The van der Waals surface area contributed by atoms with Gasteiger partial charge in [0.1, 0.15) is 5.82 Å². The molecule has 5 nitrogen and oxygen atoms in total. The van der Waals surface area contributed by atoms with Crippen LogP contribution in [0.3, 0.4) is 0 Å². The fourth-order valence-electron chi connectivity index (χ4n) is 3.14. The van der Waals surface area contributed by atoms with E-state index in [0.29, 0.717) is 18.8 Å². The number of hydrogen-bond acceptors (Lipinski definition) is 5. The van der Waals surface area contributed by atoms with E-state index in [2.05, 4.69) is 27.0 Å². The summed E-state index contributed by atoms with van der Waals surface area (Å²) in [4.78, 5) is 11.4. The van der Waals surface area contributed by atoms with Crippen LogP contribution in [-0.4, -0.2) is 34.6 Å². The minimum absolute atomic E-state index is 0.0543. The lowest BCUT2D eigenvalue weighted by atomic mass is 10.1. The van der Waals surface area contributed by atoms with Crippen LogP contribution in [0, 0.1) is 11.3 Å². The van der Waals surface area contributed by atoms with Crippen molar-refractivity contribution in [1.82, 2.24) is 14.9 Å². The number of nitrogens with one attached hydrogen (secondary N) is 1. The van der Waals surface area contributed by atoms with E-state index >= 15 is 0 Å². The van der Waals surface area contributed by atoms with Crippen LogP contribution in [0.5, 0.6) is 0 Å². The van der Waals surface area contributed by atoms with Gasteiger partial charge in [0.15, 0.2) is 0 Å². The fourth-order valence-corrected chi connectivity index (χ4v) is 4.15. The molecule has 4 rings (SSSR count). The lowest BCUT2D eigenvalue weighted by molar-refractivity contribution is -0.0156. The van der Waals surface area contributed by atoms with Crippen molar-refractivity contribution in [1.29, 1.82) is 5.26 Å². The van der Waals surface area contributed by atoms with Crippen molar-refractivity contribution >= 4 is 22.9 Å². The standard InChI is InChI=1S/C19H17ClN4OS/c20-18-5-4-17(26-18)15-10-22-19(23-15)16-12-25-7-6-24(16)11-14-3-1-2-13(8-14)9-21/h1-5,8,10,16H,6-7,11-12H2,(H,22,23). The minimum Gasteiger partial charge on any atom is -0.378 e. The van der Waals surface area contributed by atoms with Crippen molar-refractivity contribution in [2.24, 2.45) is 0 Å². The van der Waals surface area contributed by atoms with E-state index in [4.69, 9.17) is 21.6 Å². The van der Waals surface area contributed by atoms with Gasteiger partial charge >= 0.3 is 0 Å². The Morgan fingerprint density at radius 2 is 2.31 bits per heavy atom. The van der Waals surface area contributed by atoms with E-state index in [9.17, 15) is 0 Å². The van der Waals surface area contributed by atoms with Gasteiger partial charge in [-0.25, -0.2) is 4.98 Å². The van der Waals surface area contributed by atoms with E-state index in [0.717, 1.165) is 39.4 Å². The highest BCUT2D eigenvalue weighted by molar-refractivity contribution is 7.19. The molecular formula is C19H17ClN4OS. The van der Waals surface area contributed by atoms with Gasteiger partial charge in [0, 0.05) is 13.1 Å². The van der Waals surface area contributed by atoms with Crippen molar-refractivity contribution in [2.75, 3.05) is 19.8 Å². The highest BCUT2D eigenvalue weighted by atomic mass is 35.5. The Kier molecular flexibility index (Phi) is 5.05. The normalized spacial score (nSPS) is 17.9. The number of aromatic amines is 1. The van der Waals surface area contributed by atoms with Gasteiger partial charge in [0.25, 0.3) is 0 Å². The molecule has 3 heterocycles. The van der Waals surface area contributed by atoms with E-state index in [1.807, 2.05) is 36.5 Å². The number of aromatic nitrogens is 2. The van der Waals surface area contributed by atoms with Gasteiger partial charge in [-0.2, -0.15) is 5.26 Å². The van der Waals surface area contributed by atoms with Crippen LogP contribution in [0.25, 0.3) is 10.6 Å². The summed E-state index contributed by atoms with van der Waals surface area (Å²) in [5.41, 5.74) is 2.77. The lowest BCUT2D eigenvalue weighted by Crippen LogP contribution is -2.39. The summed E-state index contributed by atoms with van der Waals surface area (Å²) in [7, 11) is 0. The Balaban J connectivity index is 1.56. The highest BCUT2D eigenvalue weighted by Gasteiger charge is 2.27. The van der Waals surface area contributed by atoms with Crippen LogP contribution in [-0.2, 0) is 11.3 Å². The van der Waals surface area contributed by atoms with Crippen molar-refractivity contribution < 1.29 is 4.74 Å².